The Morgan fingerprint density at radius 2 is 1.53 bits per heavy atom. The molecule has 0 aliphatic heterocycles. The van der Waals surface area contributed by atoms with Gasteiger partial charge in [-0.05, 0) is 42.9 Å². The number of methoxy groups -OCH3 is 1. The summed E-state index contributed by atoms with van der Waals surface area (Å²) in [6.45, 7) is 2.06. The molecule has 270 valence electrons. The Balaban J connectivity index is 2.06. The zero-order chi connectivity index (χ0) is 36.1. The van der Waals surface area contributed by atoms with Crippen molar-refractivity contribution in [2.24, 2.45) is 5.92 Å². The summed E-state index contributed by atoms with van der Waals surface area (Å²) in [5.41, 5.74) is -0.716. The lowest BCUT2D eigenvalue weighted by atomic mass is 9.83. The zero-order valence-electron chi connectivity index (χ0n) is 29.3. The van der Waals surface area contributed by atoms with E-state index in [1.54, 1.807) is 48.5 Å². The maximum Gasteiger partial charge on any atom is 0.336 e. The van der Waals surface area contributed by atoms with Crippen molar-refractivity contribution < 1.29 is 38.5 Å². The van der Waals surface area contributed by atoms with Gasteiger partial charge in [0.1, 0.15) is 17.6 Å². The first-order valence-corrected chi connectivity index (χ1v) is 17.6. The van der Waals surface area contributed by atoms with E-state index in [0.29, 0.717) is 41.7 Å². The average molecular weight is 683 g/mol. The van der Waals surface area contributed by atoms with E-state index in [-0.39, 0.29) is 25.3 Å². The van der Waals surface area contributed by atoms with Gasteiger partial charge in [0.25, 0.3) is 0 Å². The van der Waals surface area contributed by atoms with Gasteiger partial charge in [0.2, 0.25) is 11.8 Å². The molecule has 2 aromatic carbocycles. The lowest BCUT2D eigenvalue weighted by molar-refractivity contribution is -0.168. The Morgan fingerprint density at radius 1 is 0.898 bits per heavy atom. The summed E-state index contributed by atoms with van der Waals surface area (Å²) in [5, 5.41) is 26.5. The molecule has 0 saturated carbocycles. The molecule has 49 heavy (non-hydrogen) atoms. The van der Waals surface area contributed by atoms with Gasteiger partial charge in [0.05, 0.1) is 5.92 Å². The summed E-state index contributed by atoms with van der Waals surface area (Å²) in [5.74, 6) is -4.46. The Labute approximate surface area is 290 Å². The van der Waals surface area contributed by atoms with E-state index in [0.717, 1.165) is 38.5 Å². The molecular formula is C39H55FN2O7. The number of benzene rings is 2. The van der Waals surface area contributed by atoms with Crippen LogP contribution in [0.5, 0.6) is 0 Å². The molecule has 2 aromatic rings. The molecule has 0 bridgehead atoms. The number of carbonyl (C=O) groups is 4. The predicted molar refractivity (Wildman–Crippen MR) is 189 cm³/mol. The number of aliphatic hydroxyl groups is 1. The number of Topliss-reactive ketones (excluding diaryl/α,β-unsaturated/α-hetero) is 1. The van der Waals surface area contributed by atoms with Crippen molar-refractivity contribution in [1.29, 1.82) is 0 Å². The highest BCUT2D eigenvalue weighted by molar-refractivity contribution is 5.93. The number of unbranched alkanes of at least 4 members (excludes halogenated alkanes) is 8. The van der Waals surface area contributed by atoms with E-state index in [2.05, 4.69) is 17.6 Å². The fourth-order valence-electron chi connectivity index (χ4n) is 5.73. The second kappa shape index (κ2) is 22.7. The minimum atomic E-state index is -2.48. The van der Waals surface area contributed by atoms with Gasteiger partial charge < -0.3 is 25.6 Å². The number of aliphatic carboxylic acids is 1. The number of allylic oxidation sites excluding steroid dienone is 1. The van der Waals surface area contributed by atoms with Crippen LogP contribution in [0.15, 0.2) is 60.7 Å². The molecule has 9 nitrogen and oxygen atoms in total. The first kappa shape index (κ1) is 41.3. The lowest BCUT2D eigenvalue weighted by Gasteiger charge is -2.31. The van der Waals surface area contributed by atoms with Crippen LogP contribution < -0.4 is 10.6 Å². The SMILES string of the molecule is CCCCCCCC(=O)CCCCCCC=C[C@H](C(=O)N[C@@H](Cc1ccc(-c2ccccc2F)cc1)C(=O)NC)[C@@](O)(CCOC)C(=O)O. The normalized spacial score (nSPS) is 13.8. The number of ether oxygens (including phenoxy) is 1. The first-order valence-electron chi connectivity index (χ1n) is 17.6. The quantitative estimate of drug-likeness (QED) is 0.0687. The van der Waals surface area contributed by atoms with E-state index in [1.807, 2.05) is 0 Å². The van der Waals surface area contributed by atoms with Gasteiger partial charge in [-0.3, -0.25) is 14.4 Å². The van der Waals surface area contributed by atoms with E-state index < -0.39 is 35.3 Å². The fraction of sp³-hybridized carbons (Fsp3) is 0.538. The van der Waals surface area contributed by atoms with Gasteiger partial charge in [-0.1, -0.05) is 100 Å². The van der Waals surface area contributed by atoms with E-state index in [4.69, 9.17) is 4.74 Å². The van der Waals surface area contributed by atoms with Crippen molar-refractivity contribution in [3.63, 3.8) is 0 Å². The number of carboxylic acid groups (broad SMARTS) is 1. The van der Waals surface area contributed by atoms with Gasteiger partial charge in [0, 0.05) is 52.0 Å². The summed E-state index contributed by atoms with van der Waals surface area (Å²) < 4.78 is 19.3. The van der Waals surface area contributed by atoms with Crippen LogP contribution in [0.25, 0.3) is 11.1 Å². The minimum absolute atomic E-state index is 0.0737. The van der Waals surface area contributed by atoms with E-state index in [9.17, 15) is 33.8 Å². The molecule has 0 heterocycles. The Kier molecular flexibility index (Phi) is 19.1. The smallest absolute Gasteiger partial charge is 0.336 e. The molecule has 0 aliphatic carbocycles. The minimum Gasteiger partial charge on any atom is -0.479 e. The van der Waals surface area contributed by atoms with Gasteiger partial charge in [0.15, 0.2) is 5.60 Å². The molecule has 2 amide bonds. The second-order valence-electron chi connectivity index (χ2n) is 12.6. The van der Waals surface area contributed by atoms with Crippen LogP contribution in [-0.4, -0.2) is 66.2 Å². The van der Waals surface area contributed by atoms with Gasteiger partial charge in [-0.2, -0.15) is 0 Å². The molecule has 0 saturated heterocycles. The largest absolute Gasteiger partial charge is 0.479 e. The van der Waals surface area contributed by atoms with E-state index >= 15 is 0 Å². The average Bonchev–Trinajstić information content (AvgIpc) is 3.09. The summed E-state index contributed by atoms with van der Waals surface area (Å²) in [6.07, 6.45) is 13.6. The standard InChI is InChI=1S/C39H55FN2O7/c1-4-5-6-9-12-17-31(43)18-13-10-7-8-11-14-20-33(39(48,38(46)47)26-27-49-3)36(44)42-35(37(45)41-2)28-29-22-24-30(25-23-29)32-19-15-16-21-34(32)40/h14-16,19-25,33,35,48H,4-13,17-18,26-28H2,1-3H3,(H,41,45)(H,42,44)(H,46,47)/t33-,35+,39+/m1/s1. The van der Waals surface area contributed by atoms with Crippen molar-refractivity contribution in [2.75, 3.05) is 20.8 Å². The third-order valence-electron chi connectivity index (χ3n) is 8.78. The van der Waals surface area contributed by atoms with Crippen molar-refractivity contribution in [3.05, 3.63) is 72.1 Å². The van der Waals surface area contributed by atoms with Crippen LogP contribution in [0.3, 0.4) is 0 Å². The Bertz CT molecular complexity index is 1350. The number of hydrogen-bond donors (Lipinski definition) is 4. The molecule has 0 spiro atoms. The summed E-state index contributed by atoms with van der Waals surface area (Å²) in [6, 6.07) is 12.2. The maximum absolute atomic E-state index is 14.3. The van der Waals surface area contributed by atoms with Crippen molar-refractivity contribution in [1.82, 2.24) is 10.6 Å². The second-order valence-corrected chi connectivity index (χ2v) is 12.6. The number of ketones is 1. The summed E-state index contributed by atoms with van der Waals surface area (Å²) in [4.78, 5) is 51.0. The lowest BCUT2D eigenvalue weighted by Crippen LogP contribution is -2.56. The molecule has 0 fully saturated rings. The van der Waals surface area contributed by atoms with Crippen molar-refractivity contribution >= 4 is 23.6 Å². The number of hydrogen-bond acceptors (Lipinski definition) is 6. The predicted octanol–water partition coefficient (Wildman–Crippen LogP) is 6.56. The highest BCUT2D eigenvalue weighted by Gasteiger charge is 2.47. The number of carboxylic acids is 1. The van der Waals surface area contributed by atoms with Gasteiger partial charge in [-0.15, -0.1) is 0 Å². The fourth-order valence-corrected chi connectivity index (χ4v) is 5.73. The Hall–Kier alpha value is -3.89. The number of halogens is 1. The molecule has 4 N–H and O–H groups in total. The molecular weight excluding hydrogens is 627 g/mol. The van der Waals surface area contributed by atoms with Crippen LogP contribution in [0, 0.1) is 11.7 Å². The van der Waals surface area contributed by atoms with Crippen LogP contribution in [-0.2, 0) is 30.3 Å². The van der Waals surface area contributed by atoms with Gasteiger partial charge in [-0.25, -0.2) is 9.18 Å². The van der Waals surface area contributed by atoms with Crippen LogP contribution in [0.1, 0.15) is 96.0 Å². The van der Waals surface area contributed by atoms with Crippen molar-refractivity contribution in [2.45, 2.75) is 108 Å². The van der Waals surface area contributed by atoms with Crippen LogP contribution >= 0.6 is 0 Å². The number of carbonyl (C=O) groups excluding carboxylic acids is 3. The van der Waals surface area contributed by atoms with E-state index in [1.165, 1.54) is 45.6 Å². The highest BCUT2D eigenvalue weighted by atomic mass is 19.1. The monoisotopic (exact) mass is 682 g/mol. The molecule has 10 heteroatoms. The van der Waals surface area contributed by atoms with Gasteiger partial charge >= 0.3 is 5.97 Å². The highest BCUT2D eigenvalue weighted by Crippen LogP contribution is 2.26. The number of amides is 2. The topological polar surface area (TPSA) is 142 Å². The Morgan fingerprint density at radius 3 is 2.12 bits per heavy atom. The van der Waals surface area contributed by atoms with Crippen molar-refractivity contribution in [3.8, 4) is 11.1 Å². The van der Waals surface area contributed by atoms with Crippen LogP contribution in [0.2, 0.25) is 0 Å². The molecule has 0 aromatic heterocycles. The molecule has 0 radical (unpaired) electrons. The number of likely N-dealkylation sites (N-methyl/N-ethyl adjacent to an activating group) is 1. The zero-order valence-corrected chi connectivity index (χ0v) is 29.3. The molecule has 3 atom stereocenters. The third-order valence-corrected chi connectivity index (χ3v) is 8.78. The number of nitrogens with one attached hydrogen (secondary N) is 2. The first-order chi connectivity index (χ1) is 23.6. The summed E-state index contributed by atoms with van der Waals surface area (Å²) >= 11 is 0. The molecule has 0 aliphatic rings. The van der Waals surface area contributed by atoms with Crippen LogP contribution in [0.4, 0.5) is 4.39 Å². The number of rotatable bonds is 25. The molecule has 0 unspecified atom stereocenters. The third kappa shape index (κ3) is 14.2. The molecule has 2 rings (SSSR count). The maximum atomic E-state index is 14.3. The summed E-state index contributed by atoms with van der Waals surface area (Å²) in [7, 11) is 2.80.